The first-order valence-corrected chi connectivity index (χ1v) is 6.16. The fourth-order valence-electron chi connectivity index (χ4n) is 1.64. The van der Waals surface area contributed by atoms with Crippen molar-refractivity contribution in [3.8, 4) is 11.8 Å². The number of nitrogens with zero attached hydrogens (tertiary/aromatic N) is 1. The van der Waals surface area contributed by atoms with Crippen molar-refractivity contribution in [3.63, 3.8) is 0 Å². The minimum absolute atomic E-state index is 0.219. The van der Waals surface area contributed by atoms with E-state index in [1.165, 1.54) is 6.20 Å². The van der Waals surface area contributed by atoms with Crippen molar-refractivity contribution in [1.82, 2.24) is 10.3 Å². The van der Waals surface area contributed by atoms with Crippen LogP contribution in [0.25, 0.3) is 0 Å². The normalized spacial score (nSPS) is 9.70. The van der Waals surface area contributed by atoms with Gasteiger partial charge >= 0.3 is 0 Å². The predicted molar refractivity (Wildman–Crippen MR) is 74.8 cm³/mol. The monoisotopic (exact) mass is 269 g/mol. The van der Waals surface area contributed by atoms with Crippen LogP contribution >= 0.6 is 0 Å². The first-order valence-electron chi connectivity index (χ1n) is 6.16. The number of hydrogen-bond donors (Lipinski definition) is 2. The van der Waals surface area contributed by atoms with Crippen LogP contribution in [0.4, 0.5) is 0 Å². The highest BCUT2D eigenvalue weighted by Crippen LogP contribution is 2.06. The van der Waals surface area contributed by atoms with E-state index in [0.717, 1.165) is 5.76 Å². The highest BCUT2D eigenvalue weighted by atomic mass is 16.3. The lowest BCUT2D eigenvalue weighted by atomic mass is 10.2. The minimum atomic E-state index is -0.219. The Morgan fingerprint density at radius 3 is 3.00 bits per heavy atom. The van der Waals surface area contributed by atoms with E-state index in [0.29, 0.717) is 23.4 Å². The van der Waals surface area contributed by atoms with E-state index < -0.39 is 0 Å². The van der Waals surface area contributed by atoms with Gasteiger partial charge in [-0.2, -0.15) is 0 Å². The second-order valence-electron chi connectivity index (χ2n) is 4.16. The van der Waals surface area contributed by atoms with Crippen LogP contribution in [-0.4, -0.2) is 17.4 Å². The van der Waals surface area contributed by atoms with Gasteiger partial charge in [0.25, 0.3) is 5.91 Å². The van der Waals surface area contributed by atoms with Gasteiger partial charge in [0.05, 0.1) is 18.7 Å². The Morgan fingerprint density at radius 1 is 1.45 bits per heavy atom. The molecule has 2 rings (SSSR count). The first-order chi connectivity index (χ1) is 9.69. The predicted octanol–water partition coefficient (Wildman–Crippen LogP) is 1.22. The summed E-state index contributed by atoms with van der Waals surface area (Å²) in [7, 11) is 0. The molecule has 2 heterocycles. The Balaban J connectivity index is 2.01. The number of furan rings is 1. The molecule has 3 N–H and O–H groups in total. The zero-order valence-corrected chi connectivity index (χ0v) is 11.1. The summed E-state index contributed by atoms with van der Waals surface area (Å²) in [4.78, 5) is 16.0. The summed E-state index contributed by atoms with van der Waals surface area (Å²) in [6, 6.07) is 5.36. The van der Waals surface area contributed by atoms with Crippen LogP contribution < -0.4 is 11.1 Å². The number of carbonyl (C=O) groups is 1. The molecule has 2 aromatic heterocycles. The standard InChI is InChI=1S/C15H15N3O2/c1-11-4-5-14(20-11)10-18-15(19)13-7-12(3-2-6-16)8-17-9-13/h4-5,7-9H,6,10,16H2,1H3,(H,18,19). The zero-order chi connectivity index (χ0) is 14.4. The van der Waals surface area contributed by atoms with E-state index in [2.05, 4.69) is 22.1 Å². The number of hydrogen-bond acceptors (Lipinski definition) is 4. The number of aromatic nitrogens is 1. The van der Waals surface area contributed by atoms with Crippen LogP contribution in [0.5, 0.6) is 0 Å². The average Bonchev–Trinajstić information content (AvgIpc) is 2.88. The van der Waals surface area contributed by atoms with Crippen molar-refractivity contribution in [2.45, 2.75) is 13.5 Å². The van der Waals surface area contributed by atoms with Crippen molar-refractivity contribution >= 4 is 5.91 Å². The lowest BCUT2D eigenvalue weighted by Crippen LogP contribution is -2.22. The maximum absolute atomic E-state index is 12.0. The molecule has 0 spiro atoms. The van der Waals surface area contributed by atoms with Gasteiger partial charge in [0, 0.05) is 18.0 Å². The van der Waals surface area contributed by atoms with E-state index >= 15 is 0 Å². The van der Waals surface area contributed by atoms with E-state index in [1.807, 2.05) is 19.1 Å². The number of carbonyl (C=O) groups excluding carboxylic acids is 1. The number of rotatable bonds is 3. The van der Waals surface area contributed by atoms with Gasteiger partial charge in [0.2, 0.25) is 0 Å². The molecule has 0 saturated heterocycles. The molecule has 0 aliphatic carbocycles. The molecule has 0 unspecified atom stereocenters. The number of aryl methyl sites for hydroxylation is 1. The lowest BCUT2D eigenvalue weighted by Gasteiger charge is -2.03. The molecule has 20 heavy (non-hydrogen) atoms. The molecule has 0 bridgehead atoms. The van der Waals surface area contributed by atoms with Gasteiger partial charge in [-0.25, -0.2) is 0 Å². The van der Waals surface area contributed by atoms with Crippen LogP contribution in [0.1, 0.15) is 27.4 Å². The van der Waals surface area contributed by atoms with Crippen molar-refractivity contribution in [1.29, 1.82) is 0 Å². The van der Waals surface area contributed by atoms with Crippen molar-refractivity contribution < 1.29 is 9.21 Å². The minimum Gasteiger partial charge on any atom is -0.465 e. The van der Waals surface area contributed by atoms with E-state index in [-0.39, 0.29) is 12.5 Å². The largest absolute Gasteiger partial charge is 0.465 e. The Kier molecular flexibility index (Phi) is 4.53. The molecule has 5 heteroatoms. The molecule has 0 radical (unpaired) electrons. The van der Waals surface area contributed by atoms with Gasteiger partial charge in [-0.1, -0.05) is 11.8 Å². The molecule has 2 aromatic rings. The molecule has 0 fully saturated rings. The number of nitrogens with two attached hydrogens (primary N) is 1. The van der Waals surface area contributed by atoms with Gasteiger partial charge in [0.15, 0.2) is 0 Å². The third-order valence-corrected chi connectivity index (χ3v) is 2.55. The molecule has 102 valence electrons. The second kappa shape index (κ2) is 6.55. The maximum atomic E-state index is 12.0. The molecule has 0 saturated carbocycles. The van der Waals surface area contributed by atoms with E-state index in [4.69, 9.17) is 10.2 Å². The van der Waals surface area contributed by atoms with Gasteiger partial charge in [-0.05, 0) is 25.1 Å². The first kappa shape index (κ1) is 13.8. The maximum Gasteiger partial charge on any atom is 0.253 e. The van der Waals surface area contributed by atoms with Gasteiger partial charge in [-0.15, -0.1) is 0 Å². The van der Waals surface area contributed by atoms with E-state index in [1.54, 1.807) is 12.3 Å². The fourth-order valence-corrected chi connectivity index (χ4v) is 1.64. The van der Waals surface area contributed by atoms with Crippen LogP contribution in [0.2, 0.25) is 0 Å². The highest BCUT2D eigenvalue weighted by molar-refractivity contribution is 5.94. The topological polar surface area (TPSA) is 81.2 Å². The van der Waals surface area contributed by atoms with Crippen LogP contribution in [-0.2, 0) is 6.54 Å². The molecule has 5 nitrogen and oxygen atoms in total. The number of amides is 1. The quantitative estimate of drug-likeness (QED) is 0.821. The van der Waals surface area contributed by atoms with Crippen molar-refractivity contribution in [2.75, 3.05) is 6.54 Å². The SMILES string of the molecule is Cc1ccc(CNC(=O)c2cncc(C#CCN)c2)o1. The smallest absolute Gasteiger partial charge is 0.253 e. The Labute approximate surface area is 117 Å². The highest BCUT2D eigenvalue weighted by Gasteiger charge is 2.07. The summed E-state index contributed by atoms with van der Waals surface area (Å²) >= 11 is 0. The average molecular weight is 269 g/mol. The van der Waals surface area contributed by atoms with Crippen LogP contribution in [0, 0.1) is 18.8 Å². The number of nitrogens with one attached hydrogen (secondary N) is 1. The van der Waals surface area contributed by atoms with E-state index in [9.17, 15) is 4.79 Å². The molecule has 0 aliphatic rings. The van der Waals surface area contributed by atoms with Crippen molar-refractivity contribution in [2.24, 2.45) is 5.73 Å². The van der Waals surface area contributed by atoms with Gasteiger partial charge in [0.1, 0.15) is 11.5 Å². The molecule has 0 aromatic carbocycles. The van der Waals surface area contributed by atoms with Crippen LogP contribution in [0.15, 0.2) is 35.0 Å². The molecular weight excluding hydrogens is 254 g/mol. The molecule has 0 aliphatic heterocycles. The third-order valence-electron chi connectivity index (χ3n) is 2.55. The lowest BCUT2D eigenvalue weighted by molar-refractivity contribution is 0.0947. The third kappa shape index (κ3) is 3.70. The summed E-state index contributed by atoms with van der Waals surface area (Å²) in [5, 5.41) is 2.77. The molecule has 1 amide bonds. The summed E-state index contributed by atoms with van der Waals surface area (Å²) in [5.74, 6) is 6.87. The Hall–Kier alpha value is -2.58. The Morgan fingerprint density at radius 2 is 2.30 bits per heavy atom. The summed E-state index contributed by atoms with van der Waals surface area (Å²) < 4.78 is 5.38. The molecule has 0 atom stereocenters. The summed E-state index contributed by atoms with van der Waals surface area (Å²) in [6.45, 7) is 2.47. The zero-order valence-electron chi connectivity index (χ0n) is 11.1. The number of pyridine rings is 1. The second-order valence-corrected chi connectivity index (χ2v) is 4.16. The fraction of sp³-hybridized carbons (Fsp3) is 0.200. The summed E-state index contributed by atoms with van der Waals surface area (Å²) in [6.07, 6.45) is 3.09. The molecular formula is C15H15N3O2. The summed E-state index contributed by atoms with van der Waals surface area (Å²) in [5.41, 5.74) is 6.42. The van der Waals surface area contributed by atoms with Gasteiger partial charge < -0.3 is 15.5 Å². The van der Waals surface area contributed by atoms with Gasteiger partial charge in [-0.3, -0.25) is 9.78 Å². The van der Waals surface area contributed by atoms with Crippen molar-refractivity contribution in [3.05, 3.63) is 53.2 Å². The Bertz CT molecular complexity index is 665. The van der Waals surface area contributed by atoms with Crippen LogP contribution in [0.3, 0.4) is 0 Å².